The maximum absolute atomic E-state index is 14.3. The van der Waals surface area contributed by atoms with Crippen LogP contribution in [0.3, 0.4) is 0 Å². The molecule has 0 aromatic carbocycles. The Bertz CT molecular complexity index is 412. The van der Waals surface area contributed by atoms with Gasteiger partial charge in [-0.2, -0.15) is 0 Å². The van der Waals surface area contributed by atoms with Crippen molar-refractivity contribution in [3.63, 3.8) is 0 Å². The van der Waals surface area contributed by atoms with Crippen molar-refractivity contribution in [1.29, 1.82) is 0 Å². The predicted octanol–water partition coefficient (Wildman–Crippen LogP) is 4.65. The first kappa shape index (κ1) is 20.8. The number of esters is 2. The van der Waals surface area contributed by atoms with E-state index in [0.717, 1.165) is 19.8 Å². The zero-order chi connectivity index (χ0) is 18.2. The number of carbonyl (C=O) groups is 2. The molecule has 1 unspecified atom stereocenters. The van der Waals surface area contributed by atoms with Crippen LogP contribution in [-0.4, -0.2) is 30.1 Å². The summed E-state index contributed by atoms with van der Waals surface area (Å²) in [4.78, 5) is 22.7. The lowest BCUT2D eigenvalue weighted by atomic mass is 9.88. The van der Waals surface area contributed by atoms with Crippen molar-refractivity contribution < 1.29 is 27.8 Å². The van der Waals surface area contributed by atoms with E-state index < -0.39 is 18.0 Å². The molecule has 0 radical (unpaired) electrons. The molecular weight excluding hydrogens is 318 g/mol. The maximum Gasteiger partial charge on any atom is 0.306 e. The molecule has 0 saturated carbocycles. The Hall–Kier alpha value is -1.20. The lowest BCUT2D eigenvalue weighted by molar-refractivity contribution is -0.174. The summed E-state index contributed by atoms with van der Waals surface area (Å²) in [6, 6.07) is 0. The van der Waals surface area contributed by atoms with Gasteiger partial charge in [-0.05, 0) is 51.4 Å². The van der Waals surface area contributed by atoms with E-state index in [2.05, 4.69) is 0 Å². The lowest BCUT2D eigenvalue weighted by Crippen LogP contribution is -2.37. The molecule has 0 aromatic rings. The summed E-state index contributed by atoms with van der Waals surface area (Å²) in [5.41, 5.74) is 0. The first-order valence-corrected chi connectivity index (χ1v) is 8.99. The SMILES string of the molecule is CCCCC(F)(F)C(CC[C@@H]1CCC(=O)O[C@H](C)CC1)OC(C)=O. The van der Waals surface area contributed by atoms with Crippen LogP contribution in [0, 0.1) is 5.92 Å². The second kappa shape index (κ2) is 9.94. The van der Waals surface area contributed by atoms with Gasteiger partial charge in [-0.15, -0.1) is 0 Å². The molecule has 1 aliphatic heterocycles. The molecule has 1 saturated heterocycles. The van der Waals surface area contributed by atoms with Gasteiger partial charge in [-0.1, -0.05) is 13.3 Å². The van der Waals surface area contributed by atoms with E-state index in [1.165, 1.54) is 0 Å². The first-order chi connectivity index (χ1) is 11.2. The molecule has 0 aliphatic carbocycles. The van der Waals surface area contributed by atoms with Crippen molar-refractivity contribution in [2.75, 3.05) is 0 Å². The minimum absolute atomic E-state index is 0.129. The third-order valence-corrected chi connectivity index (χ3v) is 4.55. The monoisotopic (exact) mass is 348 g/mol. The van der Waals surface area contributed by atoms with Crippen molar-refractivity contribution >= 4 is 11.9 Å². The van der Waals surface area contributed by atoms with E-state index in [1.54, 1.807) is 0 Å². The standard InChI is InChI=1S/C18H30F2O4/c1-4-5-12-18(19,20)16(24-14(3)21)10-8-15-7-6-13(2)23-17(22)11-9-15/h13,15-16H,4-12H2,1-3H3/t13-,15-,16?/m1/s1. The van der Waals surface area contributed by atoms with Crippen LogP contribution in [-0.2, 0) is 19.1 Å². The van der Waals surface area contributed by atoms with Gasteiger partial charge in [0.25, 0.3) is 5.92 Å². The number of hydrogen-bond acceptors (Lipinski definition) is 4. The van der Waals surface area contributed by atoms with Gasteiger partial charge in [0.1, 0.15) is 0 Å². The molecule has 4 nitrogen and oxygen atoms in total. The highest BCUT2D eigenvalue weighted by Gasteiger charge is 2.41. The van der Waals surface area contributed by atoms with Gasteiger partial charge in [-0.3, -0.25) is 9.59 Å². The fourth-order valence-electron chi connectivity index (χ4n) is 3.08. The smallest absolute Gasteiger partial charge is 0.306 e. The maximum atomic E-state index is 14.3. The summed E-state index contributed by atoms with van der Waals surface area (Å²) < 4.78 is 38.7. The van der Waals surface area contributed by atoms with Crippen LogP contribution in [0.25, 0.3) is 0 Å². The number of unbranched alkanes of at least 4 members (excludes halogenated alkanes) is 1. The normalized spacial score (nSPS) is 23.8. The molecule has 0 spiro atoms. The Kier molecular flexibility index (Phi) is 8.63. The van der Waals surface area contributed by atoms with Gasteiger partial charge < -0.3 is 9.47 Å². The third-order valence-electron chi connectivity index (χ3n) is 4.55. The highest BCUT2D eigenvalue weighted by molar-refractivity contribution is 5.69. The molecule has 1 aliphatic rings. The summed E-state index contributed by atoms with van der Waals surface area (Å²) in [5.74, 6) is -3.72. The van der Waals surface area contributed by atoms with Crippen molar-refractivity contribution in [3.05, 3.63) is 0 Å². The van der Waals surface area contributed by atoms with E-state index >= 15 is 0 Å². The van der Waals surface area contributed by atoms with E-state index in [4.69, 9.17) is 9.47 Å². The van der Waals surface area contributed by atoms with Crippen LogP contribution in [0.4, 0.5) is 8.78 Å². The summed E-state index contributed by atoms with van der Waals surface area (Å²) in [6.45, 7) is 4.86. The van der Waals surface area contributed by atoms with Crippen LogP contribution < -0.4 is 0 Å². The quantitative estimate of drug-likeness (QED) is 0.599. The number of ether oxygens (including phenoxy) is 2. The van der Waals surface area contributed by atoms with Crippen LogP contribution in [0.1, 0.15) is 78.6 Å². The number of halogens is 2. The molecule has 1 heterocycles. The lowest BCUT2D eigenvalue weighted by Gasteiger charge is -2.29. The highest BCUT2D eigenvalue weighted by atomic mass is 19.3. The predicted molar refractivity (Wildman–Crippen MR) is 86.8 cm³/mol. The number of cyclic esters (lactones) is 1. The molecule has 0 amide bonds. The number of rotatable bonds is 8. The molecule has 0 bridgehead atoms. The van der Waals surface area contributed by atoms with Gasteiger partial charge in [0.2, 0.25) is 0 Å². The second-order valence-corrected chi connectivity index (χ2v) is 6.82. The van der Waals surface area contributed by atoms with Gasteiger partial charge in [0.15, 0.2) is 6.10 Å². The molecule has 1 rings (SSSR count). The topological polar surface area (TPSA) is 52.6 Å². The highest BCUT2D eigenvalue weighted by Crippen LogP contribution is 2.33. The largest absolute Gasteiger partial charge is 0.463 e. The first-order valence-electron chi connectivity index (χ1n) is 8.99. The Labute approximate surface area is 143 Å². The van der Waals surface area contributed by atoms with Crippen LogP contribution in [0.2, 0.25) is 0 Å². The fourth-order valence-corrected chi connectivity index (χ4v) is 3.08. The molecule has 0 N–H and O–H groups in total. The average Bonchev–Trinajstić information content (AvgIpc) is 2.48. The van der Waals surface area contributed by atoms with E-state index in [-0.39, 0.29) is 30.8 Å². The Morgan fingerprint density at radius 3 is 2.71 bits per heavy atom. The van der Waals surface area contributed by atoms with Gasteiger partial charge in [0, 0.05) is 19.8 Å². The molecule has 140 valence electrons. The van der Waals surface area contributed by atoms with Gasteiger partial charge in [-0.25, -0.2) is 8.78 Å². The van der Waals surface area contributed by atoms with Crippen LogP contribution in [0.15, 0.2) is 0 Å². The third kappa shape index (κ3) is 7.58. The molecule has 6 heteroatoms. The van der Waals surface area contributed by atoms with Crippen molar-refractivity contribution in [3.8, 4) is 0 Å². The zero-order valence-electron chi connectivity index (χ0n) is 15.0. The van der Waals surface area contributed by atoms with Gasteiger partial charge >= 0.3 is 11.9 Å². The summed E-state index contributed by atoms with van der Waals surface area (Å²) in [6.07, 6.45) is 2.48. The molecular formula is C18H30F2O4. The second-order valence-electron chi connectivity index (χ2n) is 6.82. The van der Waals surface area contributed by atoms with Crippen molar-refractivity contribution in [1.82, 2.24) is 0 Å². The summed E-state index contributed by atoms with van der Waals surface area (Å²) in [7, 11) is 0. The van der Waals surface area contributed by atoms with Crippen molar-refractivity contribution in [2.24, 2.45) is 5.92 Å². The number of carbonyl (C=O) groups excluding carboxylic acids is 2. The van der Waals surface area contributed by atoms with Gasteiger partial charge in [0.05, 0.1) is 6.10 Å². The fraction of sp³-hybridized carbons (Fsp3) is 0.889. The Balaban J connectivity index is 2.62. The average molecular weight is 348 g/mol. The van der Waals surface area contributed by atoms with Crippen molar-refractivity contribution in [2.45, 2.75) is 96.7 Å². The molecule has 3 atom stereocenters. The van der Waals surface area contributed by atoms with E-state index in [1.807, 2.05) is 13.8 Å². The zero-order valence-corrected chi connectivity index (χ0v) is 15.0. The minimum Gasteiger partial charge on any atom is -0.463 e. The molecule has 0 aromatic heterocycles. The molecule has 1 fully saturated rings. The van der Waals surface area contributed by atoms with E-state index in [0.29, 0.717) is 32.1 Å². The molecule has 24 heavy (non-hydrogen) atoms. The van der Waals surface area contributed by atoms with Crippen LogP contribution >= 0.6 is 0 Å². The van der Waals surface area contributed by atoms with E-state index in [9.17, 15) is 18.4 Å². The Morgan fingerprint density at radius 2 is 2.08 bits per heavy atom. The summed E-state index contributed by atoms with van der Waals surface area (Å²) >= 11 is 0. The minimum atomic E-state index is -3.00. The summed E-state index contributed by atoms with van der Waals surface area (Å²) in [5, 5.41) is 0. The number of hydrogen-bond donors (Lipinski definition) is 0. The number of alkyl halides is 2. The van der Waals surface area contributed by atoms with Crippen LogP contribution in [0.5, 0.6) is 0 Å². The Morgan fingerprint density at radius 1 is 1.38 bits per heavy atom.